The van der Waals surface area contributed by atoms with Crippen LogP contribution in [0, 0.1) is 17.2 Å². The molecule has 6 heteroatoms. The molecule has 1 aromatic rings. The summed E-state index contributed by atoms with van der Waals surface area (Å²) in [5.41, 5.74) is 6.98. The summed E-state index contributed by atoms with van der Waals surface area (Å²) >= 11 is 3.73. The number of likely N-dealkylation sites (tertiary alicyclic amines) is 2. The Labute approximate surface area is 184 Å². The minimum absolute atomic E-state index is 0.210. The van der Waals surface area contributed by atoms with Crippen molar-refractivity contribution in [3.8, 4) is 5.75 Å². The van der Waals surface area contributed by atoms with Gasteiger partial charge in [0, 0.05) is 17.6 Å². The van der Waals surface area contributed by atoms with Gasteiger partial charge in [0.15, 0.2) is 5.96 Å². The first-order valence-electron chi connectivity index (χ1n) is 11.2. The predicted molar refractivity (Wildman–Crippen MR) is 124 cm³/mol. The normalized spacial score (nSPS) is 19.7. The van der Waals surface area contributed by atoms with E-state index in [1.807, 2.05) is 4.90 Å². The van der Waals surface area contributed by atoms with E-state index in [0.29, 0.717) is 0 Å². The molecule has 2 aliphatic rings. The Morgan fingerprint density at radius 3 is 2.41 bits per heavy atom. The molecule has 2 heterocycles. The molecule has 0 atom stereocenters. The van der Waals surface area contributed by atoms with Gasteiger partial charge in [-0.15, -0.1) is 0 Å². The topological polar surface area (TPSA) is 65.6 Å². The fraction of sp³-hybridized carbons (Fsp3) is 0.696. The van der Waals surface area contributed by atoms with Gasteiger partial charge in [-0.25, -0.2) is 0 Å². The van der Waals surface area contributed by atoms with Gasteiger partial charge in [0.1, 0.15) is 5.75 Å². The van der Waals surface area contributed by atoms with Gasteiger partial charge in [-0.2, -0.15) is 0 Å². The molecule has 0 aliphatic carbocycles. The van der Waals surface area contributed by atoms with Crippen LogP contribution in [0.3, 0.4) is 0 Å². The molecule has 2 fully saturated rings. The van der Waals surface area contributed by atoms with Gasteiger partial charge in [0.2, 0.25) is 0 Å². The van der Waals surface area contributed by atoms with Crippen LogP contribution in [0.1, 0.15) is 51.5 Å². The van der Waals surface area contributed by atoms with Gasteiger partial charge in [-0.3, -0.25) is 5.41 Å². The van der Waals surface area contributed by atoms with Crippen molar-refractivity contribution < 1.29 is 4.74 Å². The second-order valence-electron chi connectivity index (χ2n) is 9.01. The maximum absolute atomic E-state index is 7.56. The highest BCUT2D eigenvalue weighted by Crippen LogP contribution is 2.29. The number of hydrogen-bond acceptors (Lipinski definition) is 3. The number of nitrogens with zero attached hydrogens (tertiary/aromatic N) is 2. The minimum Gasteiger partial charge on any atom is -0.491 e. The van der Waals surface area contributed by atoms with Gasteiger partial charge in [-0.1, -0.05) is 15.9 Å². The number of hydrogen-bond donors (Lipinski definition) is 2. The number of nitrogens with one attached hydrogen (secondary N) is 1. The number of halogens is 1. The number of benzene rings is 1. The first-order chi connectivity index (χ1) is 13.9. The maximum atomic E-state index is 7.56. The number of guanidine groups is 1. The first kappa shape index (κ1) is 22.4. The van der Waals surface area contributed by atoms with Gasteiger partial charge < -0.3 is 20.3 Å². The van der Waals surface area contributed by atoms with Gasteiger partial charge in [-0.05, 0) is 108 Å². The van der Waals surface area contributed by atoms with Crippen molar-refractivity contribution >= 4 is 21.9 Å². The lowest BCUT2D eigenvalue weighted by molar-refractivity contribution is 0.160. The van der Waals surface area contributed by atoms with Crippen molar-refractivity contribution in [3.05, 3.63) is 28.2 Å². The molecule has 0 spiro atoms. The van der Waals surface area contributed by atoms with Crippen LogP contribution in [-0.4, -0.2) is 54.6 Å². The van der Waals surface area contributed by atoms with Crippen LogP contribution >= 0.6 is 15.9 Å². The predicted octanol–water partition coefficient (Wildman–Crippen LogP) is 4.49. The van der Waals surface area contributed by atoms with Crippen LogP contribution in [-0.2, 0) is 6.42 Å². The van der Waals surface area contributed by atoms with E-state index in [-0.39, 0.29) is 12.1 Å². The van der Waals surface area contributed by atoms with E-state index in [1.54, 1.807) is 0 Å². The minimum atomic E-state index is 0.210. The highest BCUT2D eigenvalue weighted by atomic mass is 79.9. The first-order valence-corrected chi connectivity index (χ1v) is 12.0. The van der Waals surface area contributed by atoms with E-state index in [9.17, 15) is 0 Å². The molecule has 0 unspecified atom stereocenters. The van der Waals surface area contributed by atoms with Crippen molar-refractivity contribution in [1.29, 1.82) is 5.41 Å². The summed E-state index contributed by atoms with van der Waals surface area (Å²) in [5.74, 6) is 2.77. The second kappa shape index (κ2) is 10.7. The number of ether oxygens (including phenoxy) is 1. The summed E-state index contributed by atoms with van der Waals surface area (Å²) in [4.78, 5) is 4.66. The number of nitrogens with two attached hydrogens (primary N) is 1. The van der Waals surface area contributed by atoms with Gasteiger partial charge in [0.05, 0.1) is 6.10 Å². The zero-order valence-corrected chi connectivity index (χ0v) is 19.6. The second-order valence-corrected chi connectivity index (χ2v) is 9.87. The van der Waals surface area contributed by atoms with Crippen LogP contribution in [0.2, 0.25) is 0 Å². The highest BCUT2D eigenvalue weighted by molar-refractivity contribution is 9.10. The van der Waals surface area contributed by atoms with Crippen molar-refractivity contribution in [2.24, 2.45) is 17.6 Å². The summed E-state index contributed by atoms with van der Waals surface area (Å²) in [6.07, 6.45) is 7.55. The third kappa shape index (κ3) is 6.88. The van der Waals surface area contributed by atoms with Crippen LogP contribution in [0.15, 0.2) is 22.7 Å². The van der Waals surface area contributed by atoms with Crippen molar-refractivity contribution in [3.63, 3.8) is 0 Å². The van der Waals surface area contributed by atoms with E-state index >= 15 is 0 Å². The molecule has 5 nitrogen and oxygen atoms in total. The lowest BCUT2D eigenvalue weighted by atomic mass is 9.89. The molecule has 2 saturated heterocycles. The zero-order chi connectivity index (χ0) is 20.8. The fourth-order valence-corrected chi connectivity index (χ4v) is 5.01. The smallest absolute Gasteiger partial charge is 0.188 e. The molecule has 162 valence electrons. The van der Waals surface area contributed by atoms with E-state index in [0.717, 1.165) is 37.1 Å². The molecule has 0 aromatic heterocycles. The molecular formula is C23H37BrN4O. The van der Waals surface area contributed by atoms with Crippen LogP contribution in [0.5, 0.6) is 5.75 Å². The molecule has 0 bridgehead atoms. The Morgan fingerprint density at radius 2 is 1.79 bits per heavy atom. The van der Waals surface area contributed by atoms with Gasteiger partial charge in [0.25, 0.3) is 0 Å². The average Bonchev–Trinajstić information content (AvgIpc) is 2.70. The van der Waals surface area contributed by atoms with Crippen LogP contribution < -0.4 is 10.5 Å². The average molecular weight is 465 g/mol. The molecule has 2 aliphatic heterocycles. The van der Waals surface area contributed by atoms with Crippen LogP contribution in [0.4, 0.5) is 0 Å². The Morgan fingerprint density at radius 1 is 1.14 bits per heavy atom. The Bertz CT molecular complexity index is 665. The third-order valence-corrected chi connectivity index (χ3v) is 7.19. The zero-order valence-electron chi connectivity index (χ0n) is 18.0. The monoisotopic (exact) mass is 464 g/mol. The quantitative estimate of drug-likeness (QED) is 0.460. The van der Waals surface area contributed by atoms with E-state index < -0.39 is 0 Å². The maximum Gasteiger partial charge on any atom is 0.188 e. The molecule has 29 heavy (non-hydrogen) atoms. The SMILES string of the molecule is CC(C)Oc1ccc(Br)c(CC2CCN(CCC3CCN(C(=N)N)CC3)CC2)c1. The Balaban J connectivity index is 1.39. The van der Waals surface area contributed by atoms with Crippen molar-refractivity contribution in [2.45, 2.75) is 58.5 Å². The summed E-state index contributed by atoms with van der Waals surface area (Å²) in [6.45, 7) is 9.72. The largest absolute Gasteiger partial charge is 0.491 e. The molecule has 1 aromatic carbocycles. The fourth-order valence-electron chi connectivity index (χ4n) is 4.61. The standard InChI is InChI=1S/C23H37BrN4O/c1-17(2)29-21-3-4-22(24)20(16-21)15-19-6-11-27(12-7-19)10-5-18-8-13-28(14-9-18)23(25)26/h3-4,16-19H,5-15H2,1-2H3,(H3,25,26). The number of piperidine rings is 2. The summed E-state index contributed by atoms with van der Waals surface area (Å²) < 4.78 is 7.08. The summed E-state index contributed by atoms with van der Waals surface area (Å²) in [5, 5.41) is 7.56. The lowest BCUT2D eigenvalue weighted by Gasteiger charge is -2.35. The van der Waals surface area contributed by atoms with E-state index in [2.05, 4.69) is 52.9 Å². The Hall–Kier alpha value is -1.27. The molecule has 0 amide bonds. The summed E-state index contributed by atoms with van der Waals surface area (Å²) in [7, 11) is 0. The molecule has 3 N–H and O–H groups in total. The van der Waals surface area contributed by atoms with E-state index in [4.69, 9.17) is 15.9 Å². The highest BCUT2D eigenvalue weighted by Gasteiger charge is 2.23. The number of rotatable bonds is 7. The van der Waals surface area contributed by atoms with Crippen LogP contribution in [0.25, 0.3) is 0 Å². The van der Waals surface area contributed by atoms with Crippen molar-refractivity contribution in [2.75, 3.05) is 32.7 Å². The molecule has 0 saturated carbocycles. The van der Waals surface area contributed by atoms with E-state index in [1.165, 1.54) is 61.8 Å². The van der Waals surface area contributed by atoms with Crippen molar-refractivity contribution in [1.82, 2.24) is 9.80 Å². The molecule has 0 radical (unpaired) electrons. The lowest BCUT2D eigenvalue weighted by Crippen LogP contribution is -2.43. The Kier molecular flexibility index (Phi) is 8.25. The third-order valence-electron chi connectivity index (χ3n) is 6.41. The molecular weight excluding hydrogens is 428 g/mol. The molecule has 3 rings (SSSR count). The van der Waals surface area contributed by atoms with Gasteiger partial charge >= 0.3 is 0 Å². The summed E-state index contributed by atoms with van der Waals surface area (Å²) in [6, 6.07) is 6.39.